The van der Waals surface area contributed by atoms with Crippen LogP contribution in [0, 0.1) is 6.92 Å². The van der Waals surface area contributed by atoms with Gasteiger partial charge < -0.3 is 10.6 Å². The normalized spacial score (nSPS) is 11.0. The lowest BCUT2D eigenvalue weighted by atomic mass is 10.3. The number of thiazole rings is 1. The molecular weight excluding hydrogens is 409 g/mol. The third kappa shape index (κ3) is 5.88. The third-order valence-electron chi connectivity index (χ3n) is 2.96. The van der Waals surface area contributed by atoms with Crippen molar-refractivity contribution in [1.82, 2.24) is 20.6 Å². The van der Waals surface area contributed by atoms with E-state index in [1.165, 1.54) is 4.88 Å². The van der Waals surface area contributed by atoms with E-state index in [4.69, 9.17) is 0 Å². The van der Waals surface area contributed by atoms with Crippen LogP contribution in [-0.4, -0.2) is 23.0 Å². The van der Waals surface area contributed by atoms with E-state index in [0.29, 0.717) is 13.1 Å². The Morgan fingerprint density at radius 3 is 2.68 bits per heavy atom. The predicted molar refractivity (Wildman–Crippen MR) is 103 cm³/mol. The Morgan fingerprint density at radius 2 is 2.05 bits per heavy atom. The van der Waals surface area contributed by atoms with E-state index in [-0.39, 0.29) is 24.0 Å². The molecule has 2 heterocycles. The Labute approximate surface area is 152 Å². The van der Waals surface area contributed by atoms with Crippen molar-refractivity contribution < 1.29 is 0 Å². The first-order valence-corrected chi connectivity index (χ1v) is 7.83. The van der Waals surface area contributed by atoms with Crippen LogP contribution in [-0.2, 0) is 19.5 Å². The summed E-state index contributed by atoms with van der Waals surface area (Å²) in [6, 6.07) is 6.00. The fourth-order valence-electron chi connectivity index (χ4n) is 1.85. The second-order valence-electron chi connectivity index (χ2n) is 4.62. The Kier molecular flexibility index (Phi) is 8.32. The zero-order valence-electron chi connectivity index (χ0n) is 13.1. The van der Waals surface area contributed by atoms with Gasteiger partial charge in [0.25, 0.3) is 0 Å². The molecule has 0 fully saturated rings. The van der Waals surface area contributed by atoms with Crippen LogP contribution < -0.4 is 10.6 Å². The molecule has 0 spiro atoms. The van der Waals surface area contributed by atoms with Gasteiger partial charge in [0.2, 0.25) is 0 Å². The molecule has 0 radical (unpaired) electrons. The largest absolute Gasteiger partial charge is 0.351 e. The lowest BCUT2D eigenvalue weighted by molar-refractivity contribution is 0.789. The highest BCUT2D eigenvalue weighted by Gasteiger charge is 2.03. The molecule has 2 aromatic rings. The van der Waals surface area contributed by atoms with Gasteiger partial charge in [-0.3, -0.25) is 9.98 Å². The van der Waals surface area contributed by atoms with Crippen molar-refractivity contribution in [2.24, 2.45) is 4.99 Å². The van der Waals surface area contributed by atoms with Gasteiger partial charge in [0.15, 0.2) is 5.96 Å². The predicted octanol–water partition coefficient (Wildman–Crippen LogP) is 2.89. The molecule has 0 bridgehead atoms. The lowest BCUT2D eigenvalue weighted by Gasteiger charge is -2.10. The maximum Gasteiger partial charge on any atom is 0.191 e. The monoisotopic (exact) mass is 431 g/mol. The Hall–Kier alpha value is -1.22. The van der Waals surface area contributed by atoms with Crippen molar-refractivity contribution in [2.45, 2.75) is 33.4 Å². The Morgan fingerprint density at radius 1 is 1.27 bits per heavy atom. The first-order valence-electron chi connectivity index (χ1n) is 7.02. The van der Waals surface area contributed by atoms with Gasteiger partial charge in [-0.05, 0) is 25.5 Å². The third-order valence-corrected chi connectivity index (χ3v) is 4.11. The fraction of sp³-hybridized carbons (Fsp3) is 0.400. The maximum absolute atomic E-state index is 4.46. The van der Waals surface area contributed by atoms with Crippen molar-refractivity contribution in [2.75, 3.05) is 7.05 Å². The van der Waals surface area contributed by atoms with Crippen molar-refractivity contribution in [3.63, 3.8) is 0 Å². The number of aromatic nitrogens is 2. The smallest absolute Gasteiger partial charge is 0.191 e. The molecule has 2 aromatic heterocycles. The second-order valence-corrected chi connectivity index (χ2v) is 5.82. The van der Waals surface area contributed by atoms with Gasteiger partial charge in [0.1, 0.15) is 5.01 Å². The van der Waals surface area contributed by atoms with E-state index in [1.807, 2.05) is 31.3 Å². The van der Waals surface area contributed by atoms with Gasteiger partial charge in [0.05, 0.1) is 18.8 Å². The number of halogens is 1. The standard InChI is InChI=1S/C15H21N5S.HI/c1-4-13-9-17-14(21-13)10-19-15(16-3)18-8-12-7-5-6-11(2)20-12;/h5-7,9H,4,8,10H2,1-3H3,(H2,16,18,19);1H. The molecule has 0 aliphatic heterocycles. The first-order chi connectivity index (χ1) is 10.2. The van der Waals surface area contributed by atoms with E-state index in [9.17, 15) is 0 Å². The summed E-state index contributed by atoms with van der Waals surface area (Å²) in [7, 11) is 1.76. The Bertz CT molecular complexity index is 611. The molecule has 0 atom stereocenters. The van der Waals surface area contributed by atoms with Gasteiger partial charge in [0, 0.05) is 23.8 Å². The number of nitrogens with zero attached hydrogens (tertiary/aromatic N) is 3. The number of rotatable bonds is 5. The summed E-state index contributed by atoms with van der Waals surface area (Å²) in [5, 5.41) is 7.60. The molecule has 0 saturated heterocycles. The lowest BCUT2D eigenvalue weighted by Crippen LogP contribution is -2.36. The number of hydrogen-bond donors (Lipinski definition) is 2. The van der Waals surface area contributed by atoms with Crippen LogP contribution >= 0.6 is 35.3 Å². The van der Waals surface area contributed by atoms with Crippen LogP contribution in [0.25, 0.3) is 0 Å². The van der Waals surface area contributed by atoms with Gasteiger partial charge in [-0.1, -0.05) is 13.0 Å². The van der Waals surface area contributed by atoms with Crippen molar-refractivity contribution in [3.05, 3.63) is 45.7 Å². The van der Waals surface area contributed by atoms with Gasteiger partial charge in [-0.25, -0.2) is 4.98 Å². The average molecular weight is 431 g/mol. The second kappa shape index (κ2) is 9.73. The number of aliphatic imine (C=N–C) groups is 1. The number of pyridine rings is 1. The maximum atomic E-state index is 4.46. The van der Waals surface area contributed by atoms with Crippen LogP contribution in [0.1, 0.15) is 28.2 Å². The van der Waals surface area contributed by atoms with Gasteiger partial charge >= 0.3 is 0 Å². The topological polar surface area (TPSA) is 62.2 Å². The summed E-state index contributed by atoms with van der Waals surface area (Å²) in [5.74, 6) is 0.756. The molecule has 0 aliphatic carbocycles. The van der Waals surface area contributed by atoms with Crippen LogP contribution in [0.5, 0.6) is 0 Å². The van der Waals surface area contributed by atoms with Crippen LogP contribution in [0.2, 0.25) is 0 Å². The van der Waals surface area contributed by atoms with Crippen molar-refractivity contribution in [3.8, 4) is 0 Å². The number of aryl methyl sites for hydroxylation is 2. The molecule has 0 aromatic carbocycles. The average Bonchev–Trinajstić information content (AvgIpc) is 2.95. The minimum atomic E-state index is 0. The molecule has 7 heteroatoms. The number of guanidine groups is 1. The molecule has 0 unspecified atom stereocenters. The minimum absolute atomic E-state index is 0. The van der Waals surface area contributed by atoms with E-state index < -0.39 is 0 Å². The van der Waals surface area contributed by atoms with Gasteiger partial charge in [-0.2, -0.15) is 0 Å². The molecule has 2 rings (SSSR count). The Balaban J connectivity index is 0.00000242. The zero-order valence-corrected chi connectivity index (χ0v) is 16.2. The van der Waals surface area contributed by atoms with Crippen LogP contribution in [0.4, 0.5) is 0 Å². The molecule has 0 saturated carbocycles. The minimum Gasteiger partial charge on any atom is -0.351 e. The van der Waals surface area contributed by atoms with E-state index >= 15 is 0 Å². The summed E-state index contributed by atoms with van der Waals surface area (Å²) in [6.45, 7) is 5.47. The molecule has 22 heavy (non-hydrogen) atoms. The summed E-state index contributed by atoms with van der Waals surface area (Å²) in [6.07, 6.45) is 2.97. The summed E-state index contributed by atoms with van der Waals surface area (Å²) < 4.78 is 0. The summed E-state index contributed by atoms with van der Waals surface area (Å²) in [5.41, 5.74) is 2.02. The highest BCUT2D eigenvalue weighted by Crippen LogP contribution is 2.12. The van der Waals surface area contributed by atoms with E-state index in [1.54, 1.807) is 18.4 Å². The molecule has 120 valence electrons. The first kappa shape index (κ1) is 18.8. The molecule has 0 aliphatic rings. The van der Waals surface area contributed by atoms with Gasteiger partial charge in [-0.15, -0.1) is 35.3 Å². The quantitative estimate of drug-likeness (QED) is 0.434. The number of hydrogen-bond acceptors (Lipinski definition) is 4. The van der Waals surface area contributed by atoms with E-state index in [0.717, 1.165) is 28.8 Å². The zero-order chi connectivity index (χ0) is 15.1. The molecule has 0 amide bonds. The molecule has 5 nitrogen and oxygen atoms in total. The highest BCUT2D eigenvalue weighted by atomic mass is 127. The van der Waals surface area contributed by atoms with E-state index in [2.05, 4.69) is 32.5 Å². The van der Waals surface area contributed by atoms with Crippen LogP contribution in [0.15, 0.2) is 29.4 Å². The molecule has 2 N–H and O–H groups in total. The van der Waals surface area contributed by atoms with Crippen molar-refractivity contribution >= 4 is 41.3 Å². The summed E-state index contributed by atoms with van der Waals surface area (Å²) >= 11 is 1.73. The SMILES string of the molecule is CCc1cnc(CNC(=NC)NCc2cccc(C)n2)s1.I. The molecular formula is C15H22IN5S. The highest BCUT2D eigenvalue weighted by molar-refractivity contribution is 14.0. The fourth-order valence-corrected chi connectivity index (χ4v) is 2.65. The summed E-state index contributed by atoms with van der Waals surface area (Å²) in [4.78, 5) is 14.4. The van der Waals surface area contributed by atoms with Crippen LogP contribution in [0.3, 0.4) is 0 Å². The van der Waals surface area contributed by atoms with Crippen molar-refractivity contribution in [1.29, 1.82) is 0 Å². The number of nitrogens with one attached hydrogen (secondary N) is 2.